The zero-order valence-electron chi connectivity index (χ0n) is 17.3. The van der Waals surface area contributed by atoms with E-state index >= 15 is 0 Å². The molecular weight excluding hydrogens is 488 g/mol. The van der Waals surface area contributed by atoms with Crippen molar-refractivity contribution in [2.24, 2.45) is 5.11 Å². The summed E-state index contributed by atoms with van der Waals surface area (Å²) in [6, 6.07) is 26.4. The lowest BCUT2D eigenvalue weighted by Gasteiger charge is -2.34. The zero-order valence-corrected chi connectivity index (χ0v) is 19.6. The summed E-state index contributed by atoms with van der Waals surface area (Å²) in [4.78, 5) is 18.2. The van der Waals surface area contributed by atoms with Crippen molar-refractivity contribution in [3.63, 3.8) is 0 Å². The standard InChI is InChI=1S/C25H22BrClN4O/c26-23(24(29-30-28)19-11-13-20(27)14-12-19)25(32)31-21(17-7-3-1-4-8-17)15-16-22(31)18-9-5-2-6-10-18/h1-14,21-24H,15-16H2/t21-,22-,23+,24+/m0/s1. The topological polar surface area (TPSA) is 69.1 Å². The van der Waals surface area contributed by atoms with Crippen LogP contribution in [-0.4, -0.2) is 15.6 Å². The lowest BCUT2D eigenvalue weighted by Crippen LogP contribution is -2.40. The molecule has 3 aromatic carbocycles. The van der Waals surface area contributed by atoms with Gasteiger partial charge in [0.25, 0.3) is 0 Å². The maximum atomic E-state index is 13.9. The van der Waals surface area contributed by atoms with Gasteiger partial charge in [-0.3, -0.25) is 4.79 Å². The quantitative estimate of drug-likeness (QED) is 0.146. The van der Waals surface area contributed by atoms with E-state index in [9.17, 15) is 10.3 Å². The van der Waals surface area contributed by atoms with Crippen molar-refractivity contribution in [3.8, 4) is 0 Å². The number of halogens is 2. The van der Waals surface area contributed by atoms with E-state index in [-0.39, 0.29) is 18.0 Å². The minimum Gasteiger partial charge on any atom is -0.328 e. The van der Waals surface area contributed by atoms with Gasteiger partial charge in [0.05, 0.1) is 18.1 Å². The molecule has 5 nitrogen and oxygen atoms in total. The van der Waals surface area contributed by atoms with Crippen LogP contribution in [0, 0.1) is 0 Å². The third-order valence-electron chi connectivity index (χ3n) is 5.91. The SMILES string of the molecule is [N-]=[N+]=N[C@H](c1ccc(Cl)cc1)[C@@H](Br)C(=O)N1[C@H](c2ccccc2)CC[C@H]1c1ccccc1. The van der Waals surface area contributed by atoms with E-state index in [0.29, 0.717) is 5.02 Å². The largest absolute Gasteiger partial charge is 0.328 e. The molecule has 1 amide bonds. The van der Waals surface area contributed by atoms with Crippen LogP contribution in [0.25, 0.3) is 10.4 Å². The second-order valence-electron chi connectivity index (χ2n) is 7.78. The van der Waals surface area contributed by atoms with Gasteiger partial charge in [-0.15, -0.1) is 0 Å². The minimum atomic E-state index is -0.713. The average molecular weight is 510 g/mol. The Bertz CT molecular complexity index is 1060. The Morgan fingerprint density at radius 1 is 0.938 bits per heavy atom. The summed E-state index contributed by atoms with van der Waals surface area (Å²) in [6.45, 7) is 0. The Labute approximate surface area is 200 Å². The van der Waals surface area contributed by atoms with E-state index in [1.807, 2.05) is 41.3 Å². The molecule has 0 N–H and O–H groups in total. The Hall–Kier alpha value is -2.79. The summed E-state index contributed by atoms with van der Waals surface area (Å²) in [5.41, 5.74) is 12.1. The third kappa shape index (κ3) is 4.68. The van der Waals surface area contributed by atoms with Gasteiger partial charge < -0.3 is 4.90 Å². The zero-order chi connectivity index (χ0) is 22.5. The Morgan fingerprint density at radius 2 is 1.44 bits per heavy atom. The lowest BCUT2D eigenvalue weighted by atomic mass is 10.0. The van der Waals surface area contributed by atoms with Crippen LogP contribution in [-0.2, 0) is 4.79 Å². The number of amides is 1. The normalized spacial score (nSPS) is 19.8. The number of rotatable bonds is 6. The average Bonchev–Trinajstić information content (AvgIpc) is 3.29. The van der Waals surface area contributed by atoms with E-state index in [2.05, 4.69) is 50.2 Å². The predicted molar refractivity (Wildman–Crippen MR) is 130 cm³/mol. The maximum absolute atomic E-state index is 13.9. The first kappa shape index (κ1) is 22.4. The number of azide groups is 1. The molecule has 0 unspecified atom stereocenters. The van der Waals surface area contributed by atoms with Crippen molar-refractivity contribution in [3.05, 3.63) is 117 Å². The molecule has 1 fully saturated rings. The highest BCUT2D eigenvalue weighted by molar-refractivity contribution is 9.10. The van der Waals surface area contributed by atoms with Gasteiger partial charge in [0.2, 0.25) is 5.91 Å². The molecule has 0 aliphatic carbocycles. The van der Waals surface area contributed by atoms with Gasteiger partial charge in [0.15, 0.2) is 0 Å². The summed E-state index contributed by atoms with van der Waals surface area (Å²) in [7, 11) is 0. The highest BCUT2D eigenvalue weighted by Gasteiger charge is 2.42. The Morgan fingerprint density at radius 3 is 1.91 bits per heavy atom. The molecule has 7 heteroatoms. The summed E-state index contributed by atoms with van der Waals surface area (Å²) in [5, 5.41) is 4.54. The highest BCUT2D eigenvalue weighted by Crippen LogP contribution is 2.46. The van der Waals surface area contributed by atoms with Gasteiger partial charge in [-0.05, 0) is 47.2 Å². The minimum absolute atomic E-state index is 0.0501. The molecule has 0 saturated carbocycles. The predicted octanol–water partition coefficient (Wildman–Crippen LogP) is 7.56. The molecule has 4 atom stereocenters. The van der Waals surface area contributed by atoms with Crippen LogP contribution in [0.4, 0.5) is 0 Å². The summed E-state index contributed by atoms with van der Waals surface area (Å²) >= 11 is 9.61. The molecule has 0 spiro atoms. The first-order valence-corrected chi connectivity index (χ1v) is 11.8. The molecule has 4 rings (SSSR count). The number of benzene rings is 3. The summed E-state index contributed by atoms with van der Waals surface area (Å²) in [6.07, 6.45) is 1.73. The van der Waals surface area contributed by atoms with Crippen molar-refractivity contribution in [2.45, 2.75) is 35.8 Å². The molecule has 0 radical (unpaired) electrons. The molecule has 0 bridgehead atoms. The third-order valence-corrected chi connectivity index (χ3v) is 7.05. The number of hydrogen-bond acceptors (Lipinski definition) is 2. The number of likely N-dealkylation sites (tertiary alicyclic amines) is 1. The molecule has 1 aliphatic rings. The maximum Gasteiger partial charge on any atom is 0.238 e. The molecule has 1 heterocycles. The van der Waals surface area contributed by atoms with Crippen LogP contribution >= 0.6 is 27.5 Å². The van der Waals surface area contributed by atoms with Crippen LogP contribution in [0.3, 0.4) is 0 Å². The number of alkyl halides is 1. The van der Waals surface area contributed by atoms with E-state index in [0.717, 1.165) is 29.5 Å². The number of carbonyl (C=O) groups is 1. The van der Waals surface area contributed by atoms with Crippen LogP contribution in [0.2, 0.25) is 5.02 Å². The van der Waals surface area contributed by atoms with Gasteiger partial charge in [-0.2, -0.15) is 0 Å². The van der Waals surface area contributed by atoms with E-state index < -0.39 is 10.9 Å². The molecule has 1 aliphatic heterocycles. The number of hydrogen-bond donors (Lipinski definition) is 0. The van der Waals surface area contributed by atoms with E-state index in [4.69, 9.17) is 11.6 Å². The molecule has 162 valence electrons. The molecular formula is C25H22BrClN4O. The van der Waals surface area contributed by atoms with Crippen molar-refractivity contribution < 1.29 is 4.79 Å². The van der Waals surface area contributed by atoms with Crippen LogP contribution in [0.15, 0.2) is 90.0 Å². The van der Waals surface area contributed by atoms with Crippen molar-refractivity contribution in [1.82, 2.24) is 4.90 Å². The van der Waals surface area contributed by atoms with Crippen LogP contribution in [0.1, 0.15) is 47.7 Å². The first-order valence-electron chi connectivity index (χ1n) is 10.5. The summed E-state index contributed by atoms with van der Waals surface area (Å²) < 4.78 is 0. The Kier molecular flexibility index (Phi) is 7.15. The molecule has 3 aromatic rings. The fraction of sp³-hybridized carbons (Fsp3) is 0.240. The second kappa shape index (κ2) is 10.2. The highest BCUT2D eigenvalue weighted by atomic mass is 79.9. The number of nitrogens with zero attached hydrogens (tertiary/aromatic N) is 4. The molecule has 1 saturated heterocycles. The molecule has 32 heavy (non-hydrogen) atoms. The summed E-state index contributed by atoms with van der Waals surface area (Å²) in [5.74, 6) is -0.0995. The fourth-order valence-electron chi connectivity index (χ4n) is 4.41. The van der Waals surface area contributed by atoms with Gasteiger partial charge >= 0.3 is 0 Å². The number of carbonyl (C=O) groups excluding carboxylic acids is 1. The van der Waals surface area contributed by atoms with Gasteiger partial charge in [0, 0.05) is 9.93 Å². The van der Waals surface area contributed by atoms with Crippen molar-refractivity contribution in [1.29, 1.82) is 0 Å². The Balaban J connectivity index is 1.71. The van der Waals surface area contributed by atoms with Gasteiger partial charge in [0.1, 0.15) is 4.83 Å². The lowest BCUT2D eigenvalue weighted by molar-refractivity contribution is -0.134. The van der Waals surface area contributed by atoms with Gasteiger partial charge in [-0.1, -0.05) is 105 Å². The monoisotopic (exact) mass is 508 g/mol. The smallest absolute Gasteiger partial charge is 0.238 e. The molecule has 0 aromatic heterocycles. The van der Waals surface area contributed by atoms with Gasteiger partial charge in [-0.25, -0.2) is 0 Å². The second-order valence-corrected chi connectivity index (χ2v) is 9.20. The van der Waals surface area contributed by atoms with Crippen LogP contribution < -0.4 is 0 Å². The van der Waals surface area contributed by atoms with E-state index in [1.54, 1.807) is 24.3 Å². The van der Waals surface area contributed by atoms with Crippen molar-refractivity contribution >= 4 is 33.4 Å². The first-order chi connectivity index (χ1) is 15.6. The van der Waals surface area contributed by atoms with Crippen LogP contribution in [0.5, 0.6) is 0 Å². The fourth-order valence-corrected chi connectivity index (χ4v) is 5.18. The van der Waals surface area contributed by atoms with E-state index in [1.165, 1.54) is 0 Å². The van der Waals surface area contributed by atoms with Crippen molar-refractivity contribution in [2.75, 3.05) is 0 Å².